The quantitative estimate of drug-likeness (QED) is 0.492. The summed E-state index contributed by atoms with van der Waals surface area (Å²) in [5.41, 5.74) is 1.97. The highest BCUT2D eigenvalue weighted by atomic mass is 16.1. The summed E-state index contributed by atoms with van der Waals surface area (Å²) in [6.07, 6.45) is 6.21. The lowest BCUT2D eigenvalue weighted by Crippen LogP contribution is -2.29. The molecule has 0 aliphatic carbocycles. The normalized spacial score (nSPS) is 12.5. The molecular weight excluding hydrogens is 358 g/mol. The first-order valence-corrected chi connectivity index (χ1v) is 8.64. The molecule has 5 rings (SSSR count). The zero-order valence-corrected chi connectivity index (χ0v) is 14.8. The van der Waals surface area contributed by atoms with Gasteiger partial charge in [-0.15, -0.1) is 0 Å². The number of nitrogens with one attached hydrogen (secondary N) is 2. The second kappa shape index (κ2) is 6.27. The van der Waals surface area contributed by atoms with E-state index in [1.54, 1.807) is 23.3 Å². The van der Waals surface area contributed by atoms with Crippen molar-refractivity contribution in [2.24, 2.45) is 0 Å². The number of nitrogens with zero attached hydrogens (tertiary/aromatic N) is 7. The van der Waals surface area contributed by atoms with E-state index in [9.17, 15) is 4.79 Å². The van der Waals surface area contributed by atoms with Crippen LogP contribution in [0.5, 0.6) is 0 Å². The van der Waals surface area contributed by atoms with Crippen LogP contribution in [0.15, 0.2) is 60.2 Å². The third-order valence-corrected chi connectivity index (χ3v) is 4.43. The molecule has 0 radical (unpaired) electrons. The highest BCUT2D eigenvalue weighted by Crippen LogP contribution is 2.22. The molecule has 0 fully saturated rings. The highest BCUT2D eigenvalue weighted by Gasteiger charge is 2.20. The van der Waals surface area contributed by atoms with Crippen LogP contribution in [0.1, 0.15) is 18.8 Å². The zero-order valence-electron chi connectivity index (χ0n) is 14.8. The van der Waals surface area contributed by atoms with Gasteiger partial charge in [0, 0.05) is 12.4 Å². The van der Waals surface area contributed by atoms with Gasteiger partial charge in [0.15, 0.2) is 17.3 Å². The number of imidazole rings is 2. The number of benzene rings is 1. The van der Waals surface area contributed by atoms with Crippen LogP contribution in [0.4, 0.5) is 5.82 Å². The maximum absolute atomic E-state index is 13.1. The van der Waals surface area contributed by atoms with Gasteiger partial charge < -0.3 is 10.3 Å². The van der Waals surface area contributed by atoms with Crippen LogP contribution in [0.2, 0.25) is 0 Å². The topological polar surface area (TPSA) is 119 Å². The largest absolute Gasteiger partial charge is 0.358 e. The molecule has 4 aromatic heterocycles. The van der Waals surface area contributed by atoms with E-state index in [2.05, 4.69) is 35.3 Å². The van der Waals surface area contributed by atoms with E-state index in [0.717, 1.165) is 0 Å². The SMILES string of the molecule is C[C@H](Nc1ncnc2nc[nH]c12)c1nn2ccnc2c(=O)n1-c1ccccc1. The monoisotopic (exact) mass is 373 g/mol. The van der Waals surface area contributed by atoms with Crippen LogP contribution in [0.25, 0.3) is 22.5 Å². The van der Waals surface area contributed by atoms with Crippen LogP contribution in [0.3, 0.4) is 0 Å². The summed E-state index contributed by atoms with van der Waals surface area (Å²) >= 11 is 0. The molecule has 138 valence electrons. The first-order chi connectivity index (χ1) is 13.7. The summed E-state index contributed by atoms with van der Waals surface area (Å²) in [5, 5.41) is 7.92. The molecule has 10 heteroatoms. The van der Waals surface area contributed by atoms with Crippen molar-refractivity contribution < 1.29 is 0 Å². The summed E-state index contributed by atoms with van der Waals surface area (Å²) in [6.45, 7) is 1.91. The van der Waals surface area contributed by atoms with Crippen molar-refractivity contribution in [2.75, 3.05) is 5.32 Å². The number of fused-ring (bicyclic) bond motifs is 2. The Labute approximate surface area is 157 Å². The van der Waals surface area contributed by atoms with Crippen LogP contribution < -0.4 is 10.9 Å². The second-order valence-electron chi connectivity index (χ2n) is 6.22. The van der Waals surface area contributed by atoms with Crippen molar-refractivity contribution in [1.82, 2.24) is 39.1 Å². The van der Waals surface area contributed by atoms with Crippen molar-refractivity contribution in [3.05, 3.63) is 71.6 Å². The van der Waals surface area contributed by atoms with Gasteiger partial charge in [-0.05, 0) is 19.1 Å². The predicted octanol–water partition coefficient (Wildman–Crippen LogP) is 1.72. The average Bonchev–Trinajstić information content (AvgIpc) is 3.38. The first-order valence-electron chi connectivity index (χ1n) is 8.64. The van der Waals surface area contributed by atoms with Crippen LogP contribution in [-0.2, 0) is 0 Å². The van der Waals surface area contributed by atoms with Gasteiger partial charge in [-0.3, -0.25) is 9.36 Å². The molecule has 4 heterocycles. The summed E-state index contributed by atoms with van der Waals surface area (Å²) < 4.78 is 3.05. The van der Waals surface area contributed by atoms with Gasteiger partial charge >= 0.3 is 5.56 Å². The van der Waals surface area contributed by atoms with E-state index < -0.39 is 0 Å². The number of rotatable bonds is 4. The minimum atomic E-state index is -0.346. The lowest BCUT2D eigenvalue weighted by Gasteiger charge is -2.19. The molecule has 0 saturated heterocycles. The van der Waals surface area contributed by atoms with E-state index in [0.29, 0.717) is 28.5 Å². The summed E-state index contributed by atoms with van der Waals surface area (Å²) in [6, 6.07) is 9.01. The molecule has 0 aliphatic heterocycles. The van der Waals surface area contributed by atoms with Crippen molar-refractivity contribution in [1.29, 1.82) is 0 Å². The molecule has 1 atom stereocenters. The lowest BCUT2D eigenvalue weighted by atomic mass is 10.2. The number of anilines is 1. The van der Waals surface area contributed by atoms with Gasteiger partial charge in [0.25, 0.3) is 0 Å². The summed E-state index contributed by atoms with van der Waals surface area (Å²) in [5.74, 6) is 1.10. The Bertz CT molecular complexity index is 1340. The molecule has 0 spiro atoms. The minimum absolute atomic E-state index is 0.246. The molecule has 1 aromatic carbocycles. The maximum Gasteiger partial charge on any atom is 0.301 e. The Morgan fingerprint density at radius 2 is 1.96 bits per heavy atom. The molecule has 0 amide bonds. The number of para-hydroxylation sites is 1. The Morgan fingerprint density at radius 3 is 2.82 bits per heavy atom. The second-order valence-corrected chi connectivity index (χ2v) is 6.22. The first kappa shape index (κ1) is 16.1. The Hall–Kier alpha value is -4.08. The Balaban J connectivity index is 1.67. The standard InChI is InChI=1S/C18H15N9O/c1-11(24-15-13-14(21-9-20-13)22-10-23-15)16-25-26-8-7-19-17(26)18(28)27(16)12-5-3-2-4-6-12/h2-11H,1H3,(H2,20,21,22,23,24)/t11-/m0/s1. The van der Waals surface area contributed by atoms with E-state index in [4.69, 9.17) is 0 Å². The zero-order chi connectivity index (χ0) is 19.1. The van der Waals surface area contributed by atoms with Crippen LogP contribution in [0, 0.1) is 0 Å². The van der Waals surface area contributed by atoms with Gasteiger partial charge in [-0.2, -0.15) is 5.10 Å². The molecule has 2 N–H and O–H groups in total. The smallest absolute Gasteiger partial charge is 0.301 e. The van der Waals surface area contributed by atoms with Gasteiger partial charge in [-0.1, -0.05) is 18.2 Å². The van der Waals surface area contributed by atoms with Gasteiger partial charge in [0.2, 0.25) is 5.65 Å². The molecule has 0 aliphatic rings. The Kier molecular flexibility index (Phi) is 3.61. The predicted molar refractivity (Wildman–Crippen MR) is 102 cm³/mol. The maximum atomic E-state index is 13.1. The Morgan fingerprint density at radius 1 is 1.11 bits per heavy atom. The summed E-state index contributed by atoms with van der Waals surface area (Å²) in [4.78, 5) is 32.8. The minimum Gasteiger partial charge on any atom is -0.358 e. The molecule has 0 bridgehead atoms. The molecule has 28 heavy (non-hydrogen) atoms. The lowest BCUT2D eigenvalue weighted by molar-refractivity contribution is 0.671. The number of aromatic amines is 1. The average molecular weight is 373 g/mol. The molecule has 0 unspecified atom stereocenters. The molecule has 0 saturated carbocycles. The van der Waals surface area contributed by atoms with Gasteiger partial charge in [-0.25, -0.2) is 24.5 Å². The van der Waals surface area contributed by atoms with Gasteiger partial charge in [0.1, 0.15) is 11.8 Å². The fourth-order valence-electron chi connectivity index (χ4n) is 3.14. The van der Waals surface area contributed by atoms with Crippen molar-refractivity contribution in [3.8, 4) is 5.69 Å². The summed E-state index contributed by atoms with van der Waals surface area (Å²) in [7, 11) is 0. The molecule has 10 nitrogen and oxygen atoms in total. The molecular formula is C18H15N9O. The van der Waals surface area contributed by atoms with E-state index in [1.165, 1.54) is 10.8 Å². The van der Waals surface area contributed by atoms with Crippen molar-refractivity contribution in [3.63, 3.8) is 0 Å². The van der Waals surface area contributed by atoms with E-state index in [1.807, 2.05) is 37.3 Å². The number of hydrogen-bond donors (Lipinski definition) is 2. The molecule has 5 aromatic rings. The van der Waals surface area contributed by atoms with Crippen LogP contribution >= 0.6 is 0 Å². The highest BCUT2D eigenvalue weighted by molar-refractivity contribution is 5.82. The van der Waals surface area contributed by atoms with Crippen molar-refractivity contribution >= 4 is 22.6 Å². The third kappa shape index (κ3) is 2.50. The van der Waals surface area contributed by atoms with E-state index in [-0.39, 0.29) is 17.2 Å². The number of aromatic nitrogens is 8. The fourth-order valence-corrected chi connectivity index (χ4v) is 3.14. The third-order valence-electron chi connectivity index (χ3n) is 4.43. The fraction of sp³-hybridized carbons (Fsp3) is 0.111. The van der Waals surface area contributed by atoms with Crippen molar-refractivity contribution in [2.45, 2.75) is 13.0 Å². The number of H-pyrrole nitrogens is 1. The van der Waals surface area contributed by atoms with Crippen LogP contribution in [-0.4, -0.2) is 39.1 Å². The van der Waals surface area contributed by atoms with E-state index >= 15 is 0 Å². The van der Waals surface area contributed by atoms with Gasteiger partial charge in [0.05, 0.1) is 18.1 Å². The number of hydrogen-bond acceptors (Lipinski definition) is 7.